The Balaban J connectivity index is 1.50. The number of hydrogen-bond donors (Lipinski definition) is 0. The van der Waals surface area contributed by atoms with Crippen LogP contribution < -0.4 is 0 Å². The topological polar surface area (TPSA) is 46.3 Å². The maximum atomic E-state index is 13.5. The highest BCUT2D eigenvalue weighted by molar-refractivity contribution is 6.07. The van der Waals surface area contributed by atoms with Crippen LogP contribution in [0.4, 0.5) is 0 Å². The van der Waals surface area contributed by atoms with Gasteiger partial charge in [0.05, 0.1) is 11.1 Å². The van der Waals surface area contributed by atoms with E-state index < -0.39 is 0 Å². The van der Waals surface area contributed by atoms with Gasteiger partial charge in [0.15, 0.2) is 5.76 Å². The first-order chi connectivity index (χ1) is 14.7. The van der Waals surface area contributed by atoms with E-state index in [0.29, 0.717) is 30.1 Å². The fraction of sp³-hybridized carbons (Fsp3) is 0.154. The number of fused-ring (bicyclic) bond motifs is 1. The van der Waals surface area contributed by atoms with Crippen LogP contribution in [0, 0.1) is 6.92 Å². The smallest absolute Gasteiger partial charge is 0.254 e. The van der Waals surface area contributed by atoms with Gasteiger partial charge in [-0.1, -0.05) is 54.6 Å². The molecule has 148 valence electrons. The van der Waals surface area contributed by atoms with Gasteiger partial charge in [-0.15, -0.1) is 0 Å². The monoisotopic (exact) mass is 394 g/mol. The lowest BCUT2D eigenvalue weighted by Crippen LogP contribution is -2.34. The molecule has 1 aliphatic heterocycles. The van der Waals surface area contributed by atoms with E-state index in [1.165, 1.54) is 11.1 Å². The highest BCUT2D eigenvalue weighted by Crippen LogP contribution is 2.29. The van der Waals surface area contributed by atoms with Gasteiger partial charge in [-0.05, 0) is 48.7 Å². The van der Waals surface area contributed by atoms with Gasteiger partial charge in [0.1, 0.15) is 11.5 Å². The molecule has 0 saturated carbocycles. The number of carbonyl (C=O) groups is 1. The van der Waals surface area contributed by atoms with Crippen LogP contribution in [0.5, 0.6) is 0 Å². The SMILES string of the molecule is Cc1ccc(-c2cc(C(=O)N3CC=C(c4ccccc4)CC3)c3ccccc3n2)o1. The molecule has 5 rings (SSSR count). The minimum absolute atomic E-state index is 0.0292. The van der Waals surface area contributed by atoms with E-state index in [1.54, 1.807) is 0 Å². The maximum Gasteiger partial charge on any atom is 0.254 e. The van der Waals surface area contributed by atoms with E-state index in [9.17, 15) is 4.79 Å². The Kier molecular flexibility index (Phi) is 4.68. The number of aryl methyl sites for hydroxylation is 1. The van der Waals surface area contributed by atoms with Crippen molar-refractivity contribution in [3.05, 3.63) is 95.8 Å². The van der Waals surface area contributed by atoms with Crippen molar-refractivity contribution in [3.63, 3.8) is 0 Å². The van der Waals surface area contributed by atoms with Crippen LogP contribution in [0.2, 0.25) is 0 Å². The molecular formula is C26H22N2O2. The highest BCUT2D eigenvalue weighted by Gasteiger charge is 2.22. The molecular weight excluding hydrogens is 372 g/mol. The second-order valence-electron chi connectivity index (χ2n) is 7.58. The molecule has 4 nitrogen and oxygen atoms in total. The lowest BCUT2D eigenvalue weighted by atomic mass is 9.98. The van der Waals surface area contributed by atoms with Gasteiger partial charge in [0, 0.05) is 18.5 Å². The second kappa shape index (κ2) is 7.64. The molecule has 1 aliphatic rings. The Bertz CT molecular complexity index is 1250. The Hall–Kier alpha value is -3.66. The van der Waals surface area contributed by atoms with Gasteiger partial charge in [0.25, 0.3) is 5.91 Å². The summed E-state index contributed by atoms with van der Waals surface area (Å²) >= 11 is 0. The molecule has 0 radical (unpaired) electrons. The van der Waals surface area contributed by atoms with Gasteiger partial charge >= 0.3 is 0 Å². The maximum absolute atomic E-state index is 13.5. The number of pyridine rings is 1. The number of nitrogens with zero attached hydrogens (tertiary/aromatic N) is 2. The number of furan rings is 1. The predicted octanol–water partition coefficient (Wildman–Crippen LogP) is 5.73. The number of benzene rings is 2. The number of amides is 1. The minimum atomic E-state index is 0.0292. The molecule has 0 saturated heterocycles. The fourth-order valence-electron chi connectivity index (χ4n) is 3.99. The number of aromatic nitrogens is 1. The van der Waals surface area contributed by atoms with Crippen molar-refractivity contribution in [2.75, 3.05) is 13.1 Å². The van der Waals surface area contributed by atoms with E-state index in [4.69, 9.17) is 9.40 Å². The summed E-state index contributed by atoms with van der Waals surface area (Å²) in [5, 5.41) is 0.868. The quantitative estimate of drug-likeness (QED) is 0.446. The molecule has 2 aromatic heterocycles. The van der Waals surface area contributed by atoms with Crippen LogP contribution in [-0.4, -0.2) is 28.9 Å². The first-order valence-corrected chi connectivity index (χ1v) is 10.2. The summed E-state index contributed by atoms with van der Waals surface area (Å²) < 4.78 is 5.76. The molecule has 0 fully saturated rings. The van der Waals surface area contributed by atoms with Crippen LogP contribution in [0.15, 0.2) is 83.3 Å². The summed E-state index contributed by atoms with van der Waals surface area (Å²) in [5.74, 6) is 1.53. The summed E-state index contributed by atoms with van der Waals surface area (Å²) in [6.07, 6.45) is 3.01. The normalized spacial score (nSPS) is 14.0. The number of hydrogen-bond acceptors (Lipinski definition) is 3. The Labute approximate surface area is 175 Å². The van der Waals surface area contributed by atoms with Crippen molar-refractivity contribution < 1.29 is 9.21 Å². The summed E-state index contributed by atoms with van der Waals surface area (Å²) in [5.41, 5.74) is 4.68. The fourth-order valence-corrected chi connectivity index (χ4v) is 3.99. The Morgan fingerprint density at radius 3 is 2.53 bits per heavy atom. The molecule has 2 aromatic carbocycles. The summed E-state index contributed by atoms with van der Waals surface area (Å²) in [7, 11) is 0. The van der Waals surface area contributed by atoms with Crippen LogP contribution in [-0.2, 0) is 0 Å². The van der Waals surface area contributed by atoms with E-state index >= 15 is 0 Å². The van der Waals surface area contributed by atoms with Crippen molar-refractivity contribution in [2.24, 2.45) is 0 Å². The Morgan fingerprint density at radius 1 is 1.00 bits per heavy atom. The predicted molar refractivity (Wildman–Crippen MR) is 119 cm³/mol. The lowest BCUT2D eigenvalue weighted by Gasteiger charge is -2.27. The number of rotatable bonds is 3. The summed E-state index contributed by atoms with van der Waals surface area (Å²) in [4.78, 5) is 20.1. The van der Waals surface area contributed by atoms with Crippen molar-refractivity contribution in [1.29, 1.82) is 0 Å². The summed E-state index contributed by atoms with van der Waals surface area (Å²) in [6.45, 7) is 3.21. The average molecular weight is 394 g/mol. The first-order valence-electron chi connectivity index (χ1n) is 10.2. The molecule has 0 N–H and O–H groups in total. The van der Waals surface area contributed by atoms with Crippen molar-refractivity contribution in [1.82, 2.24) is 9.88 Å². The van der Waals surface area contributed by atoms with E-state index in [0.717, 1.165) is 23.1 Å². The average Bonchev–Trinajstić information content (AvgIpc) is 3.25. The third-order valence-electron chi connectivity index (χ3n) is 5.58. The molecule has 0 bridgehead atoms. The van der Waals surface area contributed by atoms with E-state index in [2.05, 4.69) is 30.3 Å². The van der Waals surface area contributed by atoms with Crippen molar-refractivity contribution in [2.45, 2.75) is 13.3 Å². The molecule has 4 aromatic rings. The van der Waals surface area contributed by atoms with Crippen LogP contribution >= 0.6 is 0 Å². The van der Waals surface area contributed by atoms with Crippen LogP contribution in [0.25, 0.3) is 27.9 Å². The van der Waals surface area contributed by atoms with Crippen LogP contribution in [0.1, 0.15) is 28.1 Å². The van der Waals surface area contributed by atoms with Gasteiger partial charge in [-0.3, -0.25) is 4.79 Å². The largest absolute Gasteiger partial charge is 0.460 e. The van der Waals surface area contributed by atoms with Crippen LogP contribution in [0.3, 0.4) is 0 Å². The van der Waals surface area contributed by atoms with Crippen molar-refractivity contribution >= 4 is 22.4 Å². The highest BCUT2D eigenvalue weighted by atomic mass is 16.3. The molecule has 30 heavy (non-hydrogen) atoms. The van der Waals surface area contributed by atoms with Gasteiger partial charge in [-0.25, -0.2) is 4.98 Å². The second-order valence-corrected chi connectivity index (χ2v) is 7.58. The lowest BCUT2D eigenvalue weighted by molar-refractivity contribution is 0.0775. The van der Waals surface area contributed by atoms with Gasteiger partial charge in [0.2, 0.25) is 0 Å². The molecule has 0 aliphatic carbocycles. The van der Waals surface area contributed by atoms with Gasteiger partial charge < -0.3 is 9.32 Å². The Morgan fingerprint density at radius 2 is 1.80 bits per heavy atom. The third kappa shape index (κ3) is 3.41. The zero-order valence-electron chi connectivity index (χ0n) is 16.8. The first kappa shape index (κ1) is 18.4. The zero-order chi connectivity index (χ0) is 20.5. The summed E-state index contributed by atoms with van der Waals surface area (Å²) in [6, 6.07) is 23.8. The third-order valence-corrected chi connectivity index (χ3v) is 5.58. The number of para-hydroxylation sites is 1. The van der Waals surface area contributed by atoms with E-state index in [1.807, 2.05) is 60.4 Å². The molecule has 0 atom stereocenters. The van der Waals surface area contributed by atoms with Gasteiger partial charge in [-0.2, -0.15) is 0 Å². The standard InChI is InChI=1S/C26H22N2O2/c1-18-11-12-25(30-18)24-17-22(21-9-5-6-10-23(21)27-24)26(29)28-15-13-20(14-16-28)19-7-3-2-4-8-19/h2-13,17H,14-16H2,1H3. The molecule has 0 spiro atoms. The number of carbonyl (C=O) groups excluding carboxylic acids is 1. The zero-order valence-corrected chi connectivity index (χ0v) is 16.8. The minimum Gasteiger partial charge on any atom is -0.460 e. The molecule has 4 heteroatoms. The molecule has 1 amide bonds. The van der Waals surface area contributed by atoms with Crippen molar-refractivity contribution in [3.8, 4) is 11.5 Å². The van der Waals surface area contributed by atoms with E-state index in [-0.39, 0.29) is 5.91 Å². The molecule has 0 unspecified atom stereocenters. The molecule has 3 heterocycles.